The van der Waals surface area contributed by atoms with Crippen LogP contribution >= 0.6 is 11.3 Å². The second kappa shape index (κ2) is 6.09. The summed E-state index contributed by atoms with van der Waals surface area (Å²) in [4.78, 5) is 20.6. The summed E-state index contributed by atoms with van der Waals surface area (Å²) < 4.78 is 5.38. The van der Waals surface area contributed by atoms with E-state index in [4.69, 9.17) is 4.42 Å². The van der Waals surface area contributed by atoms with Crippen molar-refractivity contribution >= 4 is 17.2 Å². The van der Waals surface area contributed by atoms with Gasteiger partial charge >= 0.3 is 0 Å². The lowest BCUT2D eigenvalue weighted by molar-refractivity contribution is 0.0910. The van der Waals surface area contributed by atoms with E-state index in [9.17, 15) is 4.79 Å². The Kier molecular flexibility index (Phi) is 3.95. The van der Waals surface area contributed by atoms with Gasteiger partial charge in [-0.1, -0.05) is 6.42 Å². The summed E-state index contributed by atoms with van der Waals surface area (Å²) in [5, 5.41) is 3.99. The third-order valence-electron chi connectivity index (χ3n) is 4.92. The number of amides is 1. The van der Waals surface area contributed by atoms with Crippen LogP contribution in [0.1, 0.15) is 41.0 Å². The lowest BCUT2D eigenvalue weighted by Crippen LogP contribution is -2.46. The lowest BCUT2D eigenvalue weighted by Gasteiger charge is -2.32. The smallest absolute Gasteiger partial charge is 0.271 e. The zero-order valence-electron chi connectivity index (χ0n) is 13.2. The third-order valence-corrected chi connectivity index (χ3v) is 5.90. The van der Waals surface area contributed by atoms with Gasteiger partial charge in [0.15, 0.2) is 10.8 Å². The van der Waals surface area contributed by atoms with E-state index in [1.807, 2.05) is 19.1 Å². The molecule has 0 aromatic carbocycles. The van der Waals surface area contributed by atoms with Crippen LogP contribution in [0.15, 0.2) is 22.8 Å². The number of piperidine rings is 1. The fourth-order valence-corrected chi connectivity index (χ4v) is 4.64. The maximum absolute atomic E-state index is 12.7. The van der Waals surface area contributed by atoms with Gasteiger partial charge in [-0.3, -0.25) is 9.69 Å². The van der Waals surface area contributed by atoms with Crippen molar-refractivity contribution in [2.24, 2.45) is 0 Å². The second-order valence-electron chi connectivity index (χ2n) is 6.37. The van der Waals surface area contributed by atoms with Crippen molar-refractivity contribution < 1.29 is 9.21 Å². The molecule has 2 aliphatic rings. The van der Waals surface area contributed by atoms with Crippen LogP contribution in [0.4, 0.5) is 0 Å². The van der Waals surface area contributed by atoms with Crippen molar-refractivity contribution in [3.63, 3.8) is 0 Å². The first-order valence-electron chi connectivity index (χ1n) is 8.28. The van der Waals surface area contributed by atoms with E-state index in [0.717, 1.165) is 28.6 Å². The Morgan fingerprint density at radius 3 is 3.13 bits per heavy atom. The predicted octanol–water partition coefficient (Wildman–Crippen LogP) is 3.07. The molecular formula is C17H21N3O2S. The van der Waals surface area contributed by atoms with Crippen LogP contribution in [0.25, 0.3) is 10.8 Å². The lowest BCUT2D eigenvalue weighted by atomic mass is 9.99. The highest BCUT2D eigenvalue weighted by molar-refractivity contribution is 7.15. The normalized spacial score (nSPS) is 24.6. The van der Waals surface area contributed by atoms with E-state index >= 15 is 0 Å². The average Bonchev–Trinajstić information content (AvgIpc) is 3.27. The highest BCUT2D eigenvalue weighted by atomic mass is 32.1. The maximum Gasteiger partial charge on any atom is 0.271 e. The molecule has 4 heterocycles. The Labute approximate surface area is 139 Å². The van der Waals surface area contributed by atoms with Gasteiger partial charge in [-0.15, -0.1) is 11.3 Å². The van der Waals surface area contributed by atoms with E-state index in [-0.39, 0.29) is 11.9 Å². The summed E-state index contributed by atoms with van der Waals surface area (Å²) in [5.74, 6) is 0.672. The number of rotatable bonds is 3. The number of aryl methyl sites for hydroxylation is 1. The number of furan rings is 1. The average molecular weight is 331 g/mol. The van der Waals surface area contributed by atoms with Crippen LogP contribution in [0.5, 0.6) is 0 Å². The molecule has 4 rings (SSSR count). The summed E-state index contributed by atoms with van der Waals surface area (Å²) >= 11 is 1.50. The molecule has 2 aliphatic heterocycles. The Hall–Kier alpha value is -1.66. The van der Waals surface area contributed by atoms with Gasteiger partial charge in [-0.2, -0.15) is 0 Å². The first-order chi connectivity index (χ1) is 11.2. The van der Waals surface area contributed by atoms with Crippen molar-refractivity contribution in [3.8, 4) is 10.8 Å². The predicted molar refractivity (Wildman–Crippen MR) is 89.6 cm³/mol. The van der Waals surface area contributed by atoms with Gasteiger partial charge in [0, 0.05) is 23.5 Å². The Morgan fingerprint density at radius 2 is 2.30 bits per heavy atom. The minimum atomic E-state index is -0.0472. The van der Waals surface area contributed by atoms with Gasteiger partial charge in [0.2, 0.25) is 0 Å². The van der Waals surface area contributed by atoms with Crippen molar-refractivity contribution in [1.82, 2.24) is 15.2 Å². The third kappa shape index (κ3) is 2.81. The van der Waals surface area contributed by atoms with Gasteiger partial charge < -0.3 is 9.73 Å². The molecule has 2 aromatic rings. The molecule has 23 heavy (non-hydrogen) atoms. The standard InChI is InChI=1S/C17H21N3O2S/c1-11-15(19-17(23-11)14-6-4-10-22-14)16(21)18-12-7-9-20-8-3-2-5-13(12)20/h4,6,10,12-13H,2-3,5,7-9H2,1H3,(H,18,21)/t12-,13-/m1/s1. The van der Waals surface area contributed by atoms with Gasteiger partial charge in [0.05, 0.1) is 6.26 Å². The summed E-state index contributed by atoms with van der Waals surface area (Å²) in [6.07, 6.45) is 6.42. The van der Waals surface area contributed by atoms with E-state index in [0.29, 0.717) is 11.7 Å². The topological polar surface area (TPSA) is 58.4 Å². The first-order valence-corrected chi connectivity index (χ1v) is 9.10. The van der Waals surface area contributed by atoms with Crippen LogP contribution in [0.3, 0.4) is 0 Å². The molecule has 6 heteroatoms. The zero-order valence-corrected chi connectivity index (χ0v) is 14.1. The van der Waals surface area contributed by atoms with Gasteiger partial charge in [-0.05, 0) is 44.9 Å². The molecule has 0 bridgehead atoms. The largest absolute Gasteiger partial charge is 0.462 e. The number of hydrogen-bond donors (Lipinski definition) is 1. The maximum atomic E-state index is 12.7. The van der Waals surface area contributed by atoms with Crippen LogP contribution in [-0.2, 0) is 0 Å². The van der Waals surface area contributed by atoms with Crippen molar-refractivity contribution in [1.29, 1.82) is 0 Å². The van der Waals surface area contributed by atoms with Crippen molar-refractivity contribution in [3.05, 3.63) is 29.0 Å². The monoisotopic (exact) mass is 331 g/mol. The van der Waals surface area contributed by atoms with Crippen molar-refractivity contribution in [2.75, 3.05) is 13.1 Å². The quantitative estimate of drug-likeness (QED) is 0.939. The number of carbonyl (C=O) groups excluding carboxylic acids is 1. The van der Waals surface area contributed by atoms with E-state index < -0.39 is 0 Å². The number of nitrogens with one attached hydrogen (secondary N) is 1. The fraction of sp³-hybridized carbons (Fsp3) is 0.529. The molecule has 2 aromatic heterocycles. The molecular weight excluding hydrogens is 310 g/mol. The summed E-state index contributed by atoms with van der Waals surface area (Å²) in [6.45, 7) is 4.22. The molecule has 0 spiro atoms. The number of aromatic nitrogens is 1. The molecule has 1 amide bonds. The first kappa shape index (κ1) is 14.9. The minimum absolute atomic E-state index is 0.0472. The molecule has 0 saturated carbocycles. The molecule has 122 valence electrons. The van der Waals surface area contributed by atoms with Crippen LogP contribution in [-0.4, -0.2) is 41.0 Å². The Bertz CT molecular complexity index is 695. The molecule has 5 nitrogen and oxygen atoms in total. The molecule has 2 fully saturated rings. The number of carbonyl (C=O) groups is 1. The Balaban J connectivity index is 1.49. The van der Waals surface area contributed by atoms with Crippen LogP contribution in [0, 0.1) is 6.92 Å². The molecule has 0 radical (unpaired) electrons. The molecule has 2 saturated heterocycles. The van der Waals surface area contributed by atoms with Gasteiger partial charge in [0.25, 0.3) is 5.91 Å². The molecule has 1 N–H and O–H groups in total. The number of thiazole rings is 1. The molecule has 2 atom stereocenters. The van der Waals surface area contributed by atoms with Crippen LogP contribution in [0.2, 0.25) is 0 Å². The van der Waals surface area contributed by atoms with Crippen molar-refractivity contribution in [2.45, 2.75) is 44.7 Å². The van der Waals surface area contributed by atoms with Gasteiger partial charge in [0.1, 0.15) is 5.69 Å². The van der Waals surface area contributed by atoms with E-state index in [1.54, 1.807) is 6.26 Å². The summed E-state index contributed by atoms with van der Waals surface area (Å²) in [5.41, 5.74) is 0.538. The molecule has 0 unspecified atom stereocenters. The van der Waals surface area contributed by atoms with Crippen LogP contribution < -0.4 is 5.32 Å². The number of hydrogen-bond acceptors (Lipinski definition) is 5. The Morgan fingerprint density at radius 1 is 1.39 bits per heavy atom. The fourth-order valence-electron chi connectivity index (χ4n) is 3.77. The number of fused-ring (bicyclic) bond motifs is 1. The summed E-state index contributed by atoms with van der Waals surface area (Å²) in [6, 6.07) is 4.48. The van der Waals surface area contributed by atoms with E-state index in [1.165, 1.54) is 37.1 Å². The van der Waals surface area contributed by atoms with E-state index in [2.05, 4.69) is 15.2 Å². The SMILES string of the molecule is Cc1sc(-c2ccco2)nc1C(=O)N[C@@H]1CCN2CCCC[C@H]12. The highest BCUT2D eigenvalue weighted by Gasteiger charge is 2.36. The molecule has 0 aliphatic carbocycles. The highest BCUT2D eigenvalue weighted by Crippen LogP contribution is 2.30. The van der Waals surface area contributed by atoms with Gasteiger partial charge in [-0.25, -0.2) is 4.98 Å². The number of nitrogens with zero attached hydrogens (tertiary/aromatic N) is 2. The summed E-state index contributed by atoms with van der Waals surface area (Å²) in [7, 11) is 0. The minimum Gasteiger partial charge on any atom is -0.462 e. The second-order valence-corrected chi connectivity index (χ2v) is 7.57. The zero-order chi connectivity index (χ0) is 15.8.